The number of hydrogen-bond acceptors (Lipinski definition) is 10. The van der Waals surface area contributed by atoms with Crippen molar-refractivity contribution in [3.8, 4) is 22.8 Å². The molecule has 0 spiro atoms. The van der Waals surface area contributed by atoms with Crippen LogP contribution < -0.4 is 10.6 Å². The first-order valence-corrected chi connectivity index (χ1v) is 17.3. The molecule has 8 aromatic rings. The minimum absolute atomic E-state index is 0.0315. The van der Waals surface area contributed by atoms with Crippen molar-refractivity contribution in [2.45, 2.75) is 47.7 Å². The van der Waals surface area contributed by atoms with E-state index in [1.807, 2.05) is 6.92 Å². The van der Waals surface area contributed by atoms with Crippen LogP contribution in [0.2, 0.25) is 0 Å². The first-order valence-electron chi connectivity index (χ1n) is 17.3. The molecule has 16 heteroatoms. The molecule has 0 saturated carbocycles. The Bertz CT molecular complexity index is 2800. The number of nitrogens with zero attached hydrogens (tertiary/aromatic N) is 10. The van der Waals surface area contributed by atoms with Crippen molar-refractivity contribution >= 4 is 44.8 Å². The monoisotopic (exact) mass is 744 g/mol. The Hall–Kier alpha value is -6.84. The van der Waals surface area contributed by atoms with Gasteiger partial charge in [0.15, 0.2) is 23.3 Å². The van der Waals surface area contributed by atoms with Crippen LogP contribution in [0.25, 0.3) is 44.8 Å². The summed E-state index contributed by atoms with van der Waals surface area (Å²) in [7, 11) is 0. The van der Waals surface area contributed by atoms with E-state index >= 15 is 13.2 Å². The molecular weight excluding hydrogens is 713 g/mol. The van der Waals surface area contributed by atoms with E-state index in [0.29, 0.717) is 57.0 Å². The highest BCUT2D eigenvalue weighted by Gasteiger charge is 2.22. The Labute approximate surface area is 311 Å². The van der Waals surface area contributed by atoms with Gasteiger partial charge in [0.25, 0.3) is 0 Å². The summed E-state index contributed by atoms with van der Waals surface area (Å²) in [6.45, 7) is 9.40. The zero-order chi connectivity index (χ0) is 38.5. The fourth-order valence-electron chi connectivity index (χ4n) is 6.27. The van der Waals surface area contributed by atoms with E-state index in [1.165, 1.54) is 16.9 Å². The molecule has 0 aromatic carbocycles. The van der Waals surface area contributed by atoms with Gasteiger partial charge < -0.3 is 10.6 Å². The molecule has 12 nitrogen and oxygen atoms in total. The molecule has 2 N–H and O–H groups in total. The summed E-state index contributed by atoms with van der Waals surface area (Å²) in [4.78, 5) is 26.0. The standard InChI is InChI=1S/C39H32F4N12/c1-6-54-18-32-38(53-54)35(25(41)14-47-32)51-27-11-30(45-13-19(27)2)37-33(43)23(9-22(5)50-37)17-55-39-31(16-48-55)46-15-26(42)36(39)52-28-10-29(44-12-20(28)3)34-24(40)8-7-21(4)49-34/h7-16,18H,6,17H2,1-5H3,(H,45,51)(H,44,46,52). The van der Waals surface area contributed by atoms with Gasteiger partial charge in [0, 0.05) is 47.3 Å². The van der Waals surface area contributed by atoms with Crippen LogP contribution in [-0.4, -0.2) is 49.5 Å². The highest BCUT2D eigenvalue weighted by atomic mass is 19.1. The van der Waals surface area contributed by atoms with Gasteiger partial charge >= 0.3 is 0 Å². The first kappa shape index (κ1) is 35.2. The van der Waals surface area contributed by atoms with Gasteiger partial charge in [-0.05, 0) is 76.1 Å². The molecule has 8 aromatic heterocycles. The van der Waals surface area contributed by atoms with Crippen LogP contribution >= 0.6 is 0 Å². The molecule has 0 bridgehead atoms. The van der Waals surface area contributed by atoms with Gasteiger partial charge in [0.1, 0.15) is 44.8 Å². The molecule has 8 rings (SSSR count). The van der Waals surface area contributed by atoms with Crippen LogP contribution in [0.5, 0.6) is 0 Å². The van der Waals surface area contributed by atoms with Gasteiger partial charge in [-0.15, -0.1) is 0 Å². The van der Waals surface area contributed by atoms with E-state index in [4.69, 9.17) is 0 Å². The minimum atomic E-state index is -0.688. The lowest BCUT2D eigenvalue weighted by Gasteiger charge is -2.15. The van der Waals surface area contributed by atoms with E-state index in [9.17, 15) is 4.39 Å². The van der Waals surface area contributed by atoms with Crippen LogP contribution in [0.15, 0.2) is 67.5 Å². The third-order valence-electron chi connectivity index (χ3n) is 9.15. The minimum Gasteiger partial charge on any atom is -0.351 e. The topological polar surface area (TPSA) is 137 Å². The molecule has 0 aliphatic carbocycles. The fourth-order valence-corrected chi connectivity index (χ4v) is 6.27. The van der Waals surface area contributed by atoms with Crippen molar-refractivity contribution in [2.24, 2.45) is 0 Å². The Balaban J connectivity index is 1.15. The molecule has 276 valence electrons. The number of halogens is 4. The zero-order valence-electron chi connectivity index (χ0n) is 30.2. The normalized spacial score (nSPS) is 11.5. The lowest BCUT2D eigenvalue weighted by Crippen LogP contribution is -2.09. The fraction of sp³-hybridized carbons (Fsp3) is 0.179. The first-order chi connectivity index (χ1) is 26.5. The summed E-state index contributed by atoms with van der Waals surface area (Å²) in [5.41, 5.74) is 5.67. The van der Waals surface area contributed by atoms with Gasteiger partial charge in [-0.1, -0.05) is 0 Å². The second kappa shape index (κ2) is 13.9. The third kappa shape index (κ3) is 6.55. The van der Waals surface area contributed by atoms with Gasteiger partial charge in [0.2, 0.25) is 0 Å². The van der Waals surface area contributed by atoms with Gasteiger partial charge in [-0.25, -0.2) is 37.5 Å². The molecule has 0 atom stereocenters. The Morgan fingerprint density at radius 3 is 2.00 bits per heavy atom. The summed E-state index contributed by atoms with van der Waals surface area (Å²) in [5, 5.41) is 15.2. The molecule has 0 aliphatic rings. The third-order valence-corrected chi connectivity index (χ3v) is 9.15. The average Bonchev–Trinajstić information content (AvgIpc) is 3.79. The molecular formula is C39H32F4N12. The largest absolute Gasteiger partial charge is 0.351 e. The van der Waals surface area contributed by atoms with Crippen molar-refractivity contribution in [3.63, 3.8) is 0 Å². The molecule has 55 heavy (non-hydrogen) atoms. The van der Waals surface area contributed by atoms with Crippen LogP contribution in [0.4, 0.5) is 40.3 Å². The predicted molar refractivity (Wildman–Crippen MR) is 200 cm³/mol. The smallest absolute Gasteiger partial charge is 0.167 e. The summed E-state index contributed by atoms with van der Waals surface area (Å²) in [6, 6.07) is 7.64. The van der Waals surface area contributed by atoms with Gasteiger partial charge in [0.05, 0.1) is 42.7 Å². The van der Waals surface area contributed by atoms with Gasteiger partial charge in [-0.2, -0.15) is 10.2 Å². The summed E-state index contributed by atoms with van der Waals surface area (Å²) in [6.07, 6.45) is 8.47. The van der Waals surface area contributed by atoms with Crippen molar-refractivity contribution in [2.75, 3.05) is 10.6 Å². The summed E-state index contributed by atoms with van der Waals surface area (Å²) in [5.74, 6) is -2.50. The second-order valence-corrected chi connectivity index (χ2v) is 13.1. The maximum Gasteiger partial charge on any atom is 0.167 e. The summed E-state index contributed by atoms with van der Waals surface area (Å²) >= 11 is 0. The number of nitrogens with one attached hydrogen (secondary N) is 2. The number of rotatable bonds is 9. The maximum atomic E-state index is 16.6. The van der Waals surface area contributed by atoms with Crippen LogP contribution in [0.1, 0.15) is 35.0 Å². The predicted octanol–water partition coefficient (Wildman–Crippen LogP) is 8.44. The molecule has 8 heterocycles. The lowest BCUT2D eigenvalue weighted by molar-refractivity contribution is 0.585. The number of anilines is 4. The van der Waals surface area contributed by atoms with E-state index in [1.54, 1.807) is 75.2 Å². The quantitative estimate of drug-likeness (QED) is 0.139. The average molecular weight is 745 g/mol. The maximum absolute atomic E-state index is 16.6. The number of aryl methyl sites for hydroxylation is 5. The molecule has 0 radical (unpaired) electrons. The van der Waals surface area contributed by atoms with Gasteiger partial charge in [-0.3, -0.25) is 19.3 Å². The summed E-state index contributed by atoms with van der Waals surface area (Å²) < 4.78 is 65.2. The van der Waals surface area contributed by atoms with Crippen LogP contribution in [-0.2, 0) is 13.1 Å². The van der Waals surface area contributed by atoms with Crippen molar-refractivity contribution < 1.29 is 17.6 Å². The van der Waals surface area contributed by atoms with Crippen LogP contribution in [0.3, 0.4) is 0 Å². The van der Waals surface area contributed by atoms with E-state index < -0.39 is 23.3 Å². The molecule has 0 unspecified atom stereocenters. The highest BCUT2D eigenvalue weighted by Crippen LogP contribution is 2.34. The zero-order valence-corrected chi connectivity index (χ0v) is 30.2. The van der Waals surface area contributed by atoms with E-state index in [0.717, 1.165) is 12.4 Å². The van der Waals surface area contributed by atoms with Crippen LogP contribution in [0, 0.1) is 51.0 Å². The molecule has 0 aliphatic heterocycles. The van der Waals surface area contributed by atoms with Crippen molar-refractivity contribution in [1.82, 2.24) is 49.5 Å². The lowest BCUT2D eigenvalue weighted by atomic mass is 10.1. The molecule has 0 saturated heterocycles. The SMILES string of the molecule is CCn1cc2ncc(F)c(Nc3cc(-c4nc(C)cc(Cn5ncc6ncc(F)c(Nc7cc(-c8nc(C)ccc8F)ncc7C)c65)c4F)ncc3C)c2n1. The number of pyridine rings is 6. The van der Waals surface area contributed by atoms with Crippen molar-refractivity contribution in [1.29, 1.82) is 0 Å². The number of fused-ring (bicyclic) bond motifs is 2. The Morgan fingerprint density at radius 2 is 1.29 bits per heavy atom. The Morgan fingerprint density at radius 1 is 0.655 bits per heavy atom. The number of hydrogen-bond donors (Lipinski definition) is 2. The highest BCUT2D eigenvalue weighted by molar-refractivity contribution is 5.91. The molecule has 0 amide bonds. The van der Waals surface area contributed by atoms with Crippen molar-refractivity contribution in [3.05, 3.63) is 119 Å². The van der Waals surface area contributed by atoms with E-state index in [2.05, 4.69) is 50.7 Å². The van der Waals surface area contributed by atoms with E-state index in [-0.39, 0.29) is 51.8 Å². The Kier molecular flexibility index (Phi) is 8.87. The second-order valence-electron chi connectivity index (χ2n) is 13.1. The number of aromatic nitrogens is 10. The molecule has 0 fully saturated rings.